The quantitative estimate of drug-likeness (QED) is 0.714. The first-order valence-corrected chi connectivity index (χ1v) is 7.68. The Bertz CT molecular complexity index is 611. The summed E-state index contributed by atoms with van der Waals surface area (Å²) in [6.45, 7) is 6.46. The first-order chi connectivity index (χ1) is 11.0. The monoisotopic (exact) mass is 366 g/mol. The van der Waals surface area contributed by atoms with Crippen LogP contribution in [0.15, 0.2) is 6.07 Å². The predicted octanol–water partition coefficient (Wildman–Crippen LogP) is 3.21. The number of rotatable bonds is 1. The third-order valence-corrected chi connectivity index (χ3v) is 3.38. The maximum absolute atomic E-state index is 12.8. The summed E-state index contributed by atoms with van der Waals surface area (Å²) in [4.78, 5) is 22.4. The SMILES string of the molecule is CC(C)(C)OC(=O)N1CCN(c2nc(Cl)cc(C(F)(F)F)n2)CC1. The maximum Gasteiger partial charge on any atom is 0.433 e. The number of anilines is 1. The van der Waals surface area contributed by atoms with Crippen molar-refractivity contribution in [1.82, 2.24) is 14.9 Å². The zero-order valence-electron chi connectivity index (χ0n) is 13.5. The molecule has 0 N–H and O–H groups in total. The molecule has 2 heterocycles. The van der Waals surface area contributed by atoms with Gasteiger partial charge in [-0.25, -0.2) is 14.8 Å². The maximum atomic E-state index is 12.8. The van der Waals surface area contributed by atoms with Crippen LogP contribution >= 0.6 is 11.6 Å². The third-order valence-electron chi connectivity index (χ3n) is 3.19. The van der Waals surface area contributed by atoms with Crippen LogP contribution in [0.5, 0.6) is 0 Å². The van der Waals surface area contributed by atoms with E-state index in [0.29, 0.717) is 19.2 Å². The van der Waals surface area contributed by atoms with Crippen molar-refractivity contribution in [3.8, 4) is 0 Å². The van der Waals surface area contributed by atoms with Crippen LogP contribution < -0.4 is 4.90 Å². The van der Waals surface area contributed by atoms with Crippen molar-refractivity contribution in [2.75, 3.05) is 31.1 Å². The average Bonchev–Trinajstić information content (AvgIpc) is 2.44. The number of hydrogen-bond acceptors (Lipinski definition) is 5. The summed E-state index contributed by atoms with van der Waals surface area (Å²) in [5.74, 6) is -0.0985. The molecule has 1 fully saturated rings. The van der Waals surface area contributed by atoms with Crippen molar-refractivity contribution < 1.29 is 22.7 Å². The van der Waals surface area contributed by atoms with E-state index in [1.165, 1.54) is 4.90 Å². The molecule has 10 heteroatoms. The first kappa shape index (κ1) is 18.6. The topological polar surface area (TPSA) is 58.6 Å². The van der Waals surface area contributed by atoms with Gasteiger partial charge in [-0.15, -0.1) is 0 Å². The largest absolute Gasteiger partial charge is 0.444 e. The van der Waals surface area contributed by atoms with E-state index in [4.69, 9.17) is 16.3 Å². The van der Waals surface area contributed by atoms with Crippen molar-refractivity contribution >= 4 is 23.6 Å². The molecule has 1 aliphatic heterocycles. The van der Waals surface area contributed by atoms with Gasteiger partial charge in [0.25, 0.3) is 0 Å². The molecule has 0 atom stereocenters. The molecule has 2 rings (SSSR count). The van der Waals surface area contributed by atoms with Crippen LogP contribution in [0.4, 0.5) is 23.9 Å². The van der Waals surface area contributed by atoms with Crippen molar-refractivity contribution in [1.29, 1.82) is 0 Å². The molecule has 0 aromatic carbocycles. The number of ether oxygens (including phenoxy) is 1. The molecule has 24 heavy (non-hydrogen) atoms. The second-order valence-corrected chi connectivity index (χ2v) is 6.72. The first-order valence-electron chi connectivity index (χ1n) is 7.30. The number of alkyl halides is 3. The summed E-state index contributed by atoms with van der Waals surface area (Å²) >= 11 is 5.66. The fourth-order valence-corrected chi connectivity index (χ4v) is 2.29. The molecule has 0 saturated carbocycles. The molecule has 1 amide bonds. The van der Waals surface area contributed by atoms with Gasteiger partial charge in [0.2, 0.25) is 5.95 Å². The predicted molar refractivity (Wildman–Crippen MR) is 82.1 cm³/mol. The number of hydrogen-bond donors (Lipinski definition) is 0. The fraction of sp³-hybridized carbons (Fsp3) is 0.643. The Morgan fingerprint density at radius 1 is 1.17 bits per heavy atom. The highest BCUT2D eigenvalue weighted by molar-refractivity contribution is 6.29. The smallest absolute Gasteiger partial charge is 0.433 e. The van der Waals surface area contributed by atoms with E-state index in [0.717, 1.165) is 0 Å². The Hall–Kier alpha value is -1.77. The van der Waals surface area contributed by atoms with Crippen molar-refractivity contribution in [2.24, 2.45) is 0 Å². The van der Waals surface area contributed by atoms with Gasteiger partial charge in [0.1, 0.15) is 10.8 Å². The molecule has 134 valence electrons. The van der Waals surface area contributed by atoms with E-state index in [-0.39, 0.29) is 24.2 Å². The van der Waals surface area contributed by atoms with E-state index in [9.17, 15) is 18.0 Å². The Morgan fingerprint density at radius 2 is 1.75 bits per heavy atom. The van der Waals surface area contributed by atoms with E-state index in [1.807, 2.05) is 0 Å². The minimum Gasteiger partial charge on any atom is -0.444 e. The van der Waals surface area contributed by atoms with Gasteiger partial charge in [-0.05, 0) is 20.8 Å². The van der Waals surface area contributed by atoms with Crippen molar-refractivity contribution in [3.05, 3.63) is 16.9 Å². The third kappa shape index (κ3) is 4.86. The second kappa shape index (κ2) is 6.62. The second-order valence-electron chi connectivity index (χ2n) is 6.33. The fourth-order valence-electron chi connectivity index (χ4n) is 2.11. The number of carbonyl (C=O) groups excluding carboxylic acids is 1. The molecule has 0 bridgehead atoms. The molecular formula is C14H18ClF3N4O2. The van der Waals surface area contributed by atoms with Gasteiger partial charge in [-0.3, -0.25) is 0 Å². The molecule has 1 saturated heterocycles. The highest BCUT2D eigenvalue weighted by Crippen LogP contribution is 2.30. The number of nitrogens with zero attached hydrogens (tertiary/aromatic N) is 4. The van der Waals surface area contributed by atoms with Crippen LogP contribution in [-0.2, 0) is 10.9 Å². The molecule has 0 unspecified atom stereocenters. The van der Waals surface area contributed by atoms with Gasteiger partial charge in [0, 0.05) is 32.2 Å². The average molecular weight is 367 g/mol. The Kier molecular flexibility index (Phi) is 5.12. The Balaban J connectivity index is 2.05. The standard InChI is InChI=1S/C14H18ClF3N4O2/c1-13(2,3)24-12(23)22-6-4-21(5-7-22)11-19-9(14(16,17)18)8-10(15)20-11/h8H,4-7H2,1-3H3. The van der Waals surface area contributed by atoms with Gasteiger partial charge in [-0.1, -0.05) is 11.6 Å². The minimum absolute atomic E-state index is 0.0985. The Labute approximate surface area is 142 Å². The van der Waals surface area contributed by atoms with Gasteiger partial charge >= 0.3 is 12.3 Å². The van der Waals surface area contributed by atoms with E-state index in [2.05, 4.69) is 9.97 Å². The number of amides is 1. The minimum atomic E-state index is -4.60. The zero-order chi connectivity index (χ0) is 18.1. The normalized spacial score (nSPS) is 16.3. The van der Waals surface area contributed by atoms with Crippen LogP contribution in [0.3, 0.4) is 0 Å². The molecule has 6 nitrogen and oxygen atoms in total. The lowest BCUT2D eigenvalue weighted by atomic mass is 10.2. The zero-order valence-corrected chi connectivity index (χ0v) is 14.3. The molecule has 1 aromatic heterocycles. The highest BCUT2D eigenvalue weighted by atomic mass is 35.5. The number of halogens is 4. The van der Waals surface area contributed by atoms with E-state index < -0.39 is 23.6 Å². The molecule has 0 spiro atoms. The van der Waals surface area contributed by atoms with Gasteiger partial charge in [0.15, 0.2) is 5.69 Å². The van der Waals surface area contributed by atoms with E-state index >= 15 is 0 Å². The van der Waals surface area contributed by atoms with Crippen LogP contribution in [0, 0.1) is 0 Å². The van der Waals surface area contributed by atoms with Crippen LogP contribution in [-0.4, -0.2) is 52.7 Å². The number of carbonyl (C=O) groups is 1. The molecule has 1 aromatic rings. The van der Waals surface area contributed by atoms with Crippen LogP contribution in [0.2, 0.25) is 5.15 Å². The Morgan fingerprint density at radius 3 is 2.25 bits per heavy atom. The summed E-state index contributed by atoms with van der Waals surface area (Å²) in [6.07, 6.45) is -5.05. The summed E-state index contributed by atoms with van der Waals surface area (Å²) in [7, 11) is 0. The van der Waals surface area contributed by atoms with Crippen LogP contribution in [0.25, 0.3) is 0 Å². The molecule has 1 aliphatic rings. The molecule has 0 aliphatic carbocycles. The van der Waals surface area contributed by atoms with Gasteiger partial charge < -0.3 is 14.5 Å². The summed E-state index contributed by atoms with van der Waals surface area (Å²) in [5, 5.41) is -0.276. The van der Waals surface area contributed by atoms with E-state index in [1.54, 1.807) is 25.7 Å². The number of piperazine rings is 1. The lowest BCUT2D eigenvalue weighted by Crippen LogP contribution is -2.50. The highest BCUT2D eigenvalue weighted by Gasteiger charge is 2.34. The summed E-state index contributed by atoms with van der Waals surface area (Å²) < 4.78 is 43.7. The molecule has 0 radical (unpaired) electrons. The number of aromatic nitrogens is 2. The van der Waals surface area contributed by atoms with Crippen molar-refractivity contribution in [2.45, 2.75) is 32.5 Å². The molecular weight excluding hydrogens is 349 g/mol. The van der Waals surface area contributed by atoms with Gasteiger partial charge in [-0.2, -0.15) is 13.2 Å². The van der Waals surface area contributed by atoms with Crippen LogP contribution in [0.1, 0.15) is 26.5 Å². The lowest BCUT2D eigenvalue weighted by molar-refractivity contribution is -0.141. The summed E-state index contributed by atoms with van der Waals surface area (Å²) in [6, 6.07) is 0.683. The lowest BCUT2D eigenvalue weighted by Gasteiger charge is -2.35. The van der Waals surface area contributed by atoms with Gasteiger partial charge in [0.05, 0.1) is 0 Å². The van der Waals surface area contributed by atoms with Crippen molar-refractivity contribution in [3.63, 3.8) is 0 Å². The summed E-state index contributed by atoms with van der Waals surface area (Å²) in [5.41, 5.74) is -1.70.